The van der Waals surface area contributed by atoms with E-state index in [1.807, 2.05) is 19.2 Å². The van der Waals surface area contributed by atoms with Crippen LogP contribution in [-0.4, -0.2) is 42.0 Å². The summed E-state index contributed by atoms with van der Waals surface area (Å²) in [5.74, 6) is -1.43. The van der Waals surface area contributed by atoms with Gasteiger partial charge < -0.3 is 10.1 Å². The fraction of sp³-hybridized carbons (Fsp3) is 0.286. The normalized spacial score (nSPS) is 11.3. The van der Waals surface area contributed by atoms with Gasteiger partial charge in [-0.1, -0.05) is 0 Å². The van der Waals surface area contributed by atoms with Crippen LogP contribution >= 0.6 is 11.3 Å². The number of anilines is 1. The molecule has 1 aromatic carbocycles. The average Bonchev–Trinajstić information content (AvgIpc) is 3.05. The molecule has 2 heterocycles. The highest BCUT2D eigenvalue weighted by molar-refractivity contribution is 7.21. The molecule has 0 spiro atoms. The second-order valence-corrected chi connectivity index (χ2v) is 7.92. The number of rotatable bonds is 6. The van der Waals surface area contributed by atoms with Crippen LogP contribution in [0.15, 0.2) is 36.4 Å². The van der Waals surface area contributed by atoms with E-state index >= 15 is 0 Å². The molecule has 0 saturated heterocycles. The van der Waals surface area contributed by atoms with E-state index in [0.29, 0.717) is 28.5 Å². The number of amides is 1. The number of esters is 1. The van der Waals surface area contributed by atoms with Crippen LogP contribution in [0, 0.1) is 5.82 Å². The Bertz CT molecular complexity index is 1050. The Morgan fingerprint density at radius 2 is 1.90 bits per heavy atom. The summed E-state index contributed by atoms with van der Waals surface area (Å²) in [6.45, 7) is 4.86. The Balaban J connectivity index is 1.98. The molecule has 0 unspecified atom stereocenters. The maximum absolute atomic E-state index is 13.1. The molecule has 0 aliphatic carbocycles. The van der Waals surface area contributed by atoms with Gasteiger partial charge >= 0.3 is 5.97 Å². The molecule has 3 rings (SSSR count). The first-order valence-electron chi connectivity index (χ1n) is 9.08. The van der Waals surface area contributed by atoms with Gasteiger partial charge in [-0.3, -0.25) is 9.69 Å². The lowest BCUT2D eigenvalue weighted by Crippen LogP contribution is -2.25. The average molecular weight is 415 g/mol. The van der Waals surface area contributed by atoms with E-state index in [0.717, 1.165) is 5.69 Å². The number of benzene rings is 1. The van der Waals surface area contributed by atoms with E-state index in [-0.39, 0.29) is 10.4 Å². The van der Waals surface area contributed by atoms with Gasteiger partial charge in [0.1, 0.15) is 15.5 Å². The number of hydrogen-bond acceptors (Lipinski definition) is 6. The van der Waals surface area contributed by atoms with Crippen molar-refractivity contribution < 1.29 is 18.7 Å². The third-order valence-electron chi connectivity index (χ3n) is 4.62. The Morgan fingerprint density at radius 3 is 2.52 bits per heavy atom. The number of carbonyl (C=O) groups is 2. The molecule has 0 atom stereocenters. The number of nitrogens with zero attached hydrogens (tertiary/aromatic N) is 2. The number of thiophene rings is 1. The quantitative estimate of drug-likeness (QED) is 0.608. The summed E-state index contributed by atoms with van der Waals surface area (Å²) in [6.07, 6.45) is 0. The smallest absolute Gasteiger partial charge is 0.350 e. The highest BCUT2D eigenvalue weighted by Gasteiger charge is 2.22. The topological polar surface area (TPSA) is 71.5 Å². The fourth-order valence-electron chi connectivity index (χ4n) is 2.69. The Morgan fingerprint density at radius 1 is 1.21 bits per heavy atom. The van der Waals surface area contributed by atoms with E-state index in [2.05, 4.69) is 29.0 Å². The lowest BCUT2D eigenvalue weighted by Gasteiger charge is -2.20. The van der Waals surface area contributed by atoms with E-state index in [1.54, 1.807) is 0 Å². The summed E-state index contributed by atoms with van der Waals surface area (Å²) in [5.41, 5.74) is 1.50. The van der Waals surface area contributed by atoms with E-state index < -0.39 is 17.7 Å². The number of carbonyl (C=O) groups excluding carboxylic acids is 2. The summed E-state index contributed by atoms with van der Waals surface area (Å²) >= 11 is 1.17. The van der Waals surface area contributed by atoms with Crippen LogP contribution < -0.4 is 5.32 Å². The van der Waals surface area contributed by atoms with E-state index in [4.69, 9.17) is 4.74 Å². The zero-order valence-electron chi connectivity index (χ0n) is 16.7. The predicted octanol–water partition coefficient (Wildman–Crippen LogP) is 4.31. The number of methoxy groups -OCH3 is 1. The van der Waals surface area contributed by atoms with Gasteiger partial charge in [-0.15, -0.1) is 11.3 Å². The van der Waals surface area contributed by atoms with Crippen molar-refractivity contribution in [3.05, 3.63) is 58.3 Å². The van der Waals surface area contributed by atoms with Crippen LogP contribution in [0.3, 0.4) is 0 Å². The van der Waals surface area contributed by atoms with Crippen LogP contribution in [0.25, 0.3) is 10.2 Å². The molecule has 0 aliphatic rings. The maximum Gasteiger partial charge on any atom is 0.350 e. The van der Waals surface area contributed by atoms with Gasteiger partial charge in [0.25, 0.3) is 5.91 Å². The number of fused-ring (bicyclic) bond motifs is 1. The number of hydrogen-bond donors (Lipinski definition) is 1. The molecule has 0 radical (unpaired) electrons. The third-order valence-corrected chi connectivity index (χ3v) is 5.70. The summed E-state index contributed by atoms with van der Waals surface area (Å²) in [6, 6.07) is 9.27. The first-order chi connectivity index (χ1) is 13.8. The molecule has 1 amide bonds. The third kappa shape index (κ3) is 4.60. The summed E-state index contributed by atoms with van der Waals surface area (Å²) in [7, 11) is 3.30. The minimum Gasteiger partial charge on any atom is -0.465 e. The first-order valence-corrected chi connectivity index (χ1v) is 9.89. The van der Waals surface area contributed by atoms with E-state index in [1.165, 1.54) is 42.7 Å². The molecular formula is C21H22FN3O3S. The number of halogens is 1. The van der Waals surface area contributed by atoms with E-state index in [9.17, 15) is 14.0 Å². The van der Waals surface area contributed by atoms with Crippen LogP contribution in [0.4, 0.5) is 10.1 Å². The lowest BCUT2D eigenvalue weighted by atomic mass is 10.2. The SMILES string of the molecule is COC(=O)c1sc2nc(CN(C)C(C)C)ccc2c1NC(=O)c1ccc(F)cc1. The largest absolute Gasteiger partial charge is 0.465 e. The van der Waals surface area contributed by atoms with Gasteiger partial charge in [-0.2, -0.15) is 0 Å². The minimum atomic E-state index is -0.553. The molecule has 152 valence electrons. The molecule has 0 saturated carbocycles. The molecule has 3 aromatic rings. The van der Waals surface area contributed by atoms with Gasteiger partial charge in [-0.05, 0) is 57.3 Å². The summed E-state index contributed by atoms with van der Waals surface area (Å²) in [5, 5.41) is 3.42. The fourth-order valence-corrected chi connectivity index (χ4v) is 3.76. The zero-order chi connectivity index (χ0) is 21.1. The Labute approximate surface area is 172 Å². The van der Waals surface area contributed by atoms with Crippen molar-refractivity contribution in [1.82, 2.24) is 9.88 Å². The molecule has 1 N–H and O–H groups in total. The van der Waals surface area contributed by atoms with Crippen molar-refractivity contribution >= 4 is 39.1 Å². The molecular weight excluding hydrogens is 393 g/mol. The number of pyridine rings is 1. The molecule has 0 aliphatic heterocycles. The van der Waals surface area contributed by atoms with Gasteiger partial charge in [0.15, 0.2) is 0 Å². The van der Waals surface area contributed by atoms with Crippen LogP contribution in [0.5, 0.6) is 0 Å². The van der Waals surface area contributed by atoms with Crippen molar-refractivity contribution in [2.24, 2.45) is 0 Å². The van der Waals surface area contributed by atoms with Crippen LogP contribution in [-0.2, 0) is 11.3 Å². The molecule has 29 heavy (non-hydrogen) atoms. The molecule has 0 bridgehead atoms. The van der Waals surface area contributed by atoms with Crippen LogP contribution in [0.1, 0.15) is 39.6 Å². The van der Waals surface area contributed by atoms with Crippen molar-refractivity contribution in [3.8, 4) is 0 Å². The van der Waals surface area contributed by atoms with Gasteiger partial charge in [0.2, 0.25) is 0 Å². The zero-order valence-corrected chi connectivity index (χ0v) is 17.5. The highest BCUT2D eigenvalue weighted by Crippen LogP contribution is 2.36. The van der Waals surface area contributed by atoms with Crippen molar-refractivity contribution in [1.29, 1.82) is 0 Å². The second kappa shape index (κ2) is 8.67. The molecule has 8 heteroatoms. The molecule has 6 nitrogen and oxygen atoms in total. The van der Waals surface area contributed by atoms with Crippen LogP contribution in [0.2, 0.25) is 0 Å². The van der Waals surface area contributed by atoms with Crippen molar-refractivity contribution in [2.75, 3.05) is 19.5 Å². The number of aromatic nitrogens is 1. The van der Waals surface area contributed by atoms with Gasteiger partial charge in [0.05, 0.1) is 18.5 Å². The Hall–Kier alpha value is -2.84. The van der Waals surface area contributed by atoms with Gasteiger partial charge in [0, 0.05) is 23.5 Å². The number of nitrogens with one attached hydrogen (secondary N) is 1. The number of ether oxygens (including phenoxy) is 1. The lowest BCUT2D eigenvalue weighted by molar-refractivity contribution is 0.0607. The standard InChI is InChI=1S/C21H22FN3O3S/c1-12(2)25(3)11-15-9-10-16-17(18(21(27)28-4)29-20(16)23-15)24-19(26)13-5-7-14(22)8-6-13/h5-10,12H,11H2,1-4H3,(H,24,26). The second-order valence-electron chi connectivity index (χ2n) is 6.92. The highest BCUT2D eigenvalue weighted by atomic mass is 32.1. The molecule has 2 aromatic heterocycles. The maximum atomic E-state index is 13.1. The monoisotopic (exact) mass is 415 g/mol. The summed E-state index contributed by atoms with van der Waals surface area (Å²) < 4.78 is 18.0. The van der Waals surface area contributed by atoms with Crippen molar-refractivity contribution in [2.45, 2.75) is 26.4 Å². The van der Waals surface area contributed by atoms with Crippen molar-refractivity contribution in [3.63, 3.8) is 0 Å². The van der Waals surface area contributed by atoms with Gasteiger partial charge in [-0.25, -0.2) is 14.2 Å². The Kier molecular flexibility index (Phi) is 6.24. The minimum absolute atomic E-state index is 0.264. The first kappa shape index (κ1) is 20.9. The summed E-state index contributed by atoms with van der Waals surface area (Å²) in [4.78, 5) is 32.6. The molecule has 0 fully saturated rings. The predicted molar refractivity (Wildman–Crippen MR) is 112 cm³/mol.